The number of anilines is 1. The van der Waals surface area contributed by atoms with Gasteiger partial charge in [-0.25, -0.2) is 4.98 Å². The number of nitriles is 1. The van der Waals surface area contributed by atoms with E-state index in [1.165, 1.54) is 22.5 Å². The van der Waals surface area contributed by atoms with Crippen LogP contribution in [0.4, 0.5) is 5.13 Å². The molecule has 1 unspecified atom stereocenters. The molecule has 5 heteroatoms. The van der Waals surface area contributed by atoms with Crippen molar-refractivity contribution in [3.63, 3.8) is 0 Å². The summed E-state index contributed by atoms with van der Waals surface area (Å²) < 4.78 is 5.29. The zero-order valence-electron chi connectivity index (χ0n) is 16.6. The van der Waals surface area contributed by atoms with Gasteiger partial charge in [0.1, 0.15) is 5.75 Å². The van der Waals surface area contributed by atoms with E-state index >= 15 is 0 Å². The molecule has 1 aromatic heterocycles. The number of hydrogen-bond donors (Lipinski definition) is 1. The maximum absolute atomic E-state index is 9.37. The minimum atomic E-state index is 0.0988. The van der Waals surface area contributed by atoms with Crippen molar-refractivity contribution in [3.8, 4) is 22.9 Å². The van der Waals surface area contributed by atoms with Crippen LogP contribution in [0.3, 0.4) is 0 Å². The molecule has 0 amide bonds. The molecule has 1 atom stereocenters. The number of rotatable bonds is 6. The molecule has 0 spiro atoms. The van der Waals surface area contributed by atoms with Crippen LogP contribution in [-0.4, -0.2) is 12.1 Å². The molecule has 30 heavy (non-hydrogen) atoms. The van der Waals surface area contributed by atoms with Gasteiger partial charge in [0.05, 0.1) is 24.4 Å². The molecule has 4 rings (SSSR count). The van der Waals surface area contributed by atoms with Gasteiger partial charge >= 0.3 is 0 Å². The highest BCUT2D eigenvalue weighted by Crippen LogP contribution is 2.32. The number of thiazole rings is 1. The molecule has 0 aliphatic rings. The van der Waals surface area contributed by atoms with Crippen molar-refractivity contribution in [3.05, 3.63) is 101 Å². The molecular formula is C25H21N3OS. The van der Waals surface area contributed by atoms with E-state index in [2.05, 4.69) is 47.5 Å². The van der Waals surface area contributed by atoms with Gasteiger partial charge in [0, 0.05) is 11.3 Å². The monoisotopic (exact) mass is 411 g/mol. The van der Waals surface area contributed by atoms with E-state index < -0.39 is 0 Å². The number of hydrogen-bond acceptors (Lipinski definition) is 5. The molecular weight excluding hydrogens is 390 g/mol. The van der Waals surface area contributed by atoms with Crippen LogP contribution in [0.25, 0.3) is 11.1 Å². The third-order valence-electron chi connectivity index (χ3n) is 5.17. The molecule has 0 bridgehead atoms. The number of benzene rings is 3. The minimum absolute atomic E-state index is 0.0988. The zero-order chi connectivity index (χ0) is 20.9. The van der Waals surface area contributed by atoms with Crippen LogP contribution in [0.15, 0.2) is 78.2 Å². The predicted octanol–water partition coefficient (Wildman–Crippen LogP) is 5.65. The second-order valence-electron chi connectivity index (χ2n) is 6.99. The van der Waals surface area contributed by atoms with E-state index in [1.807, 2.05) is 41.8 Å². The molecule has 4 aromatic rings. The summed E-state index contributed by atoms with van der Waals surface area (Å²) >= 11 is 1.46. The molecule has 0 fully saturated rings. The highest BCUT2D eigenvalue weighted by Gasteiger charge is 2.18. The van der Waals surface area contributed by atoms with Crippen molar-refractivity contribution in [2.24, 2.45) is 0 Å². The summed E-state index contributed by atoms with van der Waals surface area (Å²) in [4.78, 5) is 4.54. The zero-order valence-corrected chi connectivity index (χ0v) is 17.4. The van der Waals surface area contributed by atoms with Crippen molar-refractivity contribution in [1.29, 1.82) is 5.26 Å². The standard InChI is InChI=1S/C25H21N3OS/c1-29-21-12-10-19(11-13-21)23(24-16-30-25(27)28-24)14-17-6-8-18(9-7-17)22-5-3-2-4-20(22)15-26/h2-13,16,23H,14H2,1H3,(H2,27,28). The summed E-state index contributed by atoms with van der Waals surface area (Å²) in [6.45, 7) is 0. The van der Waals surface area contributed by atoms with Crippen molar-refractivity contribution >= 4 is 16.5 Å². The van der Waals surface area contributed by atoms with E-state index in [9.17, 15) is 5.26 Å². The third-order valence-corrected chi connectivity index (χ3v) is 5.86. The first-order valence-corrected chi connectivity index (χ1v) is 10.5. The third kappa shape index (κ3) is 4.19. The summed E-state index contributed by atoms with van der Waals surface area (Å²) in [7, 11) is 1.67. The summed E-state index contributed by atoms with van der Waals surface area (Å²) in [6, 6.07) is 26.4. The molecule has 0 saturated heterocycles. The van der Waals surface area contributed by atoms with Crippen LogP contribution >= 0.6 is 11.3 Å². The second kappa shape index (κ2) is 8.81. The molecule has 148 valence electrons. The summed E-state index contributed by atoms with van der Waals surface area (Å²) in [5, 5.41) is 12.0. The van der Waals surface area contributed by atoms with E-state index in [1.54, 1.807) is 7.11 Å². The maximum Gasteiger partial charge on any atom is 0.180 e. The molecule has 0 saturated carbocycles. The van der Waals surface area contributed by atoms with Gasteiger partial charge in [0.25, 0.3) is 0 Å². The van der Waals surface area contributed by atoms with Crippen LogP contribution < -0.4 is 10.5 Å². The summed E-state index contributed by atoms with van der Waals surface area (Å²) in [6.07, 6.45) is 0.801. The highest BCUT2D eigenvalue weighted by molar-refractivity contribution is 7.13. The Hall–Kier alpha value is -3.62. The summed E-state index contributed by atoms with van der Waals surface area (Å²) in [5.41, 5.74) is 11.9. The van der Waals surface area contributed by atoms with Gasteiger partial charge in [0.2, 0.25) is 0 Å². The van der Waals surface area contributed by atoms with Crippen LogP contribution in [-0.2, 0) is 6.42 Å². The lowest BCUT2D eigenvalue weighted by molar-refractivity contribution is 0.414. The van der Waals surface area contributed by atoms with E-state index in [0.717, 1.165) is 29.0 Å². The minimum Gasteiger partial charge on any atom is -0.497 e. The van der Waals surface area contributed by atoms with Crippen LogP contribution in [0.5, 0.6) is 5.75 Å². The first-order chi connectivity index (χ1) is 14.7. The average molecular weight is 412 g/mol. The number of nitrogens with two attached hydrogens (primary N) is 1. The fourth-order valence-electron chi connectivity index (χ4n) is 3.58. The Balaban J connectivity index is 1.63. The number of aromatic nitrogens is 1. The van der Waals surface area contributed by atoms with E-state index in [0.29, 0.717) is 10.7 Å². The molecule has 3 aromatic carbocycles. The lowest BCUT2D eigenvalue weighted by Crippen LogP contribution is -2.06. The SMILES string of the molecule is COc1ccc(C(Cc2ccc(-c3ccccc3C#N)cc2)c2csc(N)n2)cc1. The van der Waals surface area contributed by atoms with Gasteiger partial charge in [-0.1, -0.05) is 54.6 Å². The topological polar surface area (TPSA) is 71.9 Å². The molecule has 2 N–H and O–H groups in total. The Kier molecular flexibility index (Phi) is 5.78. The van der Waals surface area contributed by atoms with Gasteiger partial charge in [-0.2, -0.15) is 5.26 Å². The summed E-state index contributed by atoms with van der Waals surface area (Å²) in [5.74, 6) is 0.928. The van der Waals surface area contributed by atoms with E-state index in [4.69, 9.17) is 10.5 Å². The van der Waals surface area contributed by atoms with Gasteiger partial charge in [0.15, 0.2) is 5.13 Å². The quantitative estimate of drug-likeness (QED) is 0.445. The van der Waals surface area contributed by atoms with Gasteiger partial charge in [-0.05, 0) is 46.9 Å². The largest absolute Gasteiger partial charge is 0.497 e. The Morgan fingerprint density at radius 2 is 1.77 bits per heavy atom. The van der Waals surface area contributed by atoms with Crippen LogP contribution in [0, 0.1) is 11.3 Å². The van der Waals surface area contributed by atoms with Gasteiger partial charge < -0.3 is 10.5 Å². The van der Waals surface area contributed by atoms with Crippen LogP contribution in [0.1, 0.15) is 28.3 Å². The normalized spacial score (nSPS) is 11.6. The molecule has 0 aliphatic carbocycles. The highest BCUT2D eigenvalue weighted by atomic mass is 32.1. The Morgan fingerprint density at radius 1 is 1.03 bits per heavy atom. The second-order valence-corrected chi connectivity index (χ2v) is 7.88. The van der Waals surface area contributed by atoms with Gasteiger partial charge in [-0.15, -0.1) is 11.3 Å². The first kappa shape index (κ1) is 19.7. The number of nitrogen functional groups attached to an aromatic ring is 1. The smallest absolute Gasteiger partial charge is 0.180 e. The van der Waals surface area contributed by atoms with Crippen LogP contribution in [0.2, 0.25) is 0 Å². The van der Waals surface area contributed by atoms with Gasteiger partial charge in [-0.3, -0.25) is 0 Å². The molecule has 0 radical (unpaired) electrons. The lowest BCUT2D eigenvalue weighted by atomic mass is 9.89. The number of nitrogens with zero attached hydrogens (tertiary/aromatic N) is 2. The molecule has 1 heterocycles. The molecule has 4 nitrogen and oxygen atoms in total. The van der Waals surface area contributed by atoms with Crippen molar-refractivity contribution in [2.75, 3.05) is 12.8 Å². The Bertz CT molecular complexity index is 1170. The fourth-order valence-corrected chi connectivity index (χ4v) is 4.20. The Labute approximate surface area is 180 Å². The number of ether oxygens (including phenoxy) is 1. The fraction of sp³-hybridized carbons (Fsp3) is 0.120. The van der Waals surface area contributed by atoms with Crippen molar-refractivity contribution < 1.29 is 4.74 Å². The van der Waals surface area contributed by atoms with E-state index in [-0.39, 0.29) is 5.92 Å². The average Bonchev–Trinajstić information content (AvgIpc) is 3.24. The van der Waals surface area contributed by atoms with Crippen molar-refractivity contribution in [2.45, 2.75) is 12.3 Å². The lowest BCUT2D eigenvalue weighted by Gasteiger charge is -2.16. The maximum atomic E-state index is 9.37. The Morgan fingerprint density at radius 3 is 2.40 bits per heavy atom. The predicted molar refractivity (Wildman–Crippen MR) is 122 cm³/mol. The first-order valence-electron chi connectivity index (χ1n) is 9.61. The van der Waals surface area contributed by atoms with Crippen molar-refractivity contribution in [1.82, 2.24) is 4.98 Å². The molecule has 0 aliphatic heterocycles. The number of methoxy groups -OCH3 is 1.